The van der Waals surface area contributed by atoms with Crippen LogP contribution in [0.4, 0.5) is 0 Å². The molecule has 0 rings (SSSR count). The maximum Gasteiger partial charge on any atom is 0.394 e. The number of hydrogen-bond donors (Lipinski definition) is 3. The van der Waals surface area contributed by atoms with Crippen molar-refractivity contribution in [2.24, 2.45) is 0 Å². The lowest BCUT2D eigenvalue weighted by atomic mass is 10.9. The summed E-state index contributed by atoms with van der Waals surface area (Å²) in [6.07, 6.45) is 0. The van der Waals surface area contributed by atoms with Gasteiger partial charge in [0.05, 0.1) is 13.2 Å². The van der Waals surface area contributed by atoms with Gasteiger partial charge in [0.15, 0.2) is 0 Å². The second-order valence-electron chi connectivity index (χ2n) is 1.33. The van der Waals surface area contributed by atoms with Crippen LogP contribution in [0.1, 0.15) is 13.8 Å². The molecule has 9 heteroatoms. The molecule has 0 aliphatic heterocycles. The van der Waals surface area contributed by atoms with E-state index in [1.54, 1.807) is 0 Å². The molecule has 0 aromatic heterocycles. The highest BCUT2D eigenvalue weighted by atomic mass is 32.3. The Kier molecular flexibility index (Phi) is 16.7. The standard InChI is InChI=1S/C4H10O3.H3N.H2O4S/c1-3-5-7-6-4-2;;1-5(2,3)4/h3-4H2,1-2H3;1H3;(H2,1,2,3,4). The van der Waals surface area contributed by atoms with Gasteiger partial charge in [0.2, 0.25) is 0 Å². The van der Waals surface area contributed by atoms with Crippen molar-refractivity contribution in [1.82, 2.24) is 6.15 Å². The van der Waals surface area contributed by atoms with Gasteiger partial charge in [-0.05, 0) is 13.8 Å². The van der Waals surface area contributed by atoms with Crippen molar-refractivity contribution >= 4 is 10.4 Å². The summed E-state index contributed by atoms with van der Waals surface area (Å²) in [5.41, 5.74) is 0. The van der Waals surface area contributed by atoms with Crippen LogP contribution in [0, 0.1) is 0 Å². The predicted octanol–water partition coefficient (Wildman–Crippen LogP) is 0.415. The zero-order chi connectivity index (χ0) is 10.0. The molecular formula is C4H15NO7S. The second-order valence-corrected chi connectivity index (χ2v) is 2.22. The van der Waals surface area contributed by atoms with Gasteiger partial charge in [-0.15, -0.1) is 0 Å². The summed E-state index contributed by atoms with van der Waals surface area (Å²) in [4.78, 5) is 8.70. The van der Waals surface area contributed by atoms with Crippen molar-refractivity contribution in [3.05, 3.63) is 0 Å². The molecule has 8 nitrogen and oxygen atoms in total. The molecule has 0 bridgehead atoms. The van der Waals surface area contributed by atoms with E-state index in [0.29, 0.717) is 13.2 Å². The van der Waals surface area contributed by atoms with Gasteiger partial charge in [-0.1, -0.05) is 5.04 Å². The lowest BCUT2D eigenvalue weighted by Crippen LogP contribution is -1.94. The van der Waals surface area contributed by atoms with E-state index in [9.17, 15) is 0 Å². The Morgan fingerprint density at radius 1 is 1.08 bits per heavy atom. The summed E-state index contributed by atoms with van der Waals surface area (Å²) in [5, 5.41) is 4.13. The van der Waals surface area contributed by atoms with Crippen molar-refractivity contribution in [1.29, 1.82) is 0 Å². The van der Waals surface area contributed by atoms with Crippen LogP contribution in [0.25, 0.3) is 0 Å². The largest absolute Gasteiger partial charge is 0.394 e. The molecule has 0 atom stereocenters. The minimum absolute atomic E-state index is 0. The summed E-state index contributed by atoms with van der Waals surface area (Å²) < 4.78 is 31.6. The summed E-state index contributed by atoms with van der Waals surface area (Å²) in [6, 6.07) is 0. The lowest BCUT2D eigenvalue weighted by Gasteiger charge is -1.94. The van der Waals surface area contributed by atoms with E-state index < -0.39 is 10.4 Å². The van der Waals surface area contributed by atoms with Crippen molar-refractivity contribution in [3.8, 4) is 0 Å². The molecule has 0 spiro atoms. The monoisotopic (exact) mass is 221 g/mol. The molecular weight excluding hydrogens is 206 g/mol. The first-order valence-corrected chi connectivity index (χ1v) is 4.42. The van der Waals surface area contributed by atoms with E-state index in [4.69, 9.17) is 17.5 Å². The van der Waals surface area contributed by atoms with E-state index in [0.717, 1.165) is 0 Å². The first-order chi connectivity index (χ1) is 5.41. The summed E-state index contributed by atoms with van der Waals surface area (Å²) in [6.45, 7) is 4.66. The molecule has 0 aliphatic rings. The third kappa shape index (κ3) is 80.2. The number of hydrogen-bond acceptors (Lipinski definition) is 6. The van der Waals surface area contributed by atoms with E-state index in [-0.39, 0.29) is 6.15 Å². The minimum atomic E-state index is -4.67. The molecule has 0 fully saturated rings. The normalized spacial score (nSPS) is 9.54. The molecule has 13 heavy (non-hydrogen) atoms. The fourth-order valence-corrected chi connectivity index (χ4v) is 0.130. The van der Waals surface area contributed by atoms with Crippen LogP contribution in [-0.2, 0) is 25.2 Å². The van der Waals surface area contributed by atoms with E-state index in [1.165, 1.54) is 0 Å². The molecule has 0 heterocycles. The molecule has 0 saturated carbocycles. The summed E-state index contributed by atoms with van der Waals surface area (Å²) >= 11 is 0. The zero-order valence-corrected chi connectivity index (χ0v) is 8.28. The van der Waals surface area contributed by atoms with Gasteiger partial charge in [-0.3, -0.25) is 9.11 Å². The van der Waals surface area contributed by atoms with Crippen LogP contribution >= 0.6 is 0 Å². The summed E-state index contributed by atoms with van der Waals surface area (Å²) in [7, 11) is -4.67. The van der Waals surface area contributed by atoms with Gasteiger partial charge >= 0.3 is 10.4 Å². The van der Waals surface area contributed by atoms with Gasteiger partial charge in [-0.2, -0.15) is 8.42 Å². The first kappa shape index (κ1) is 18.5. The number of rotatable bonds is 4. The molecule has 0 aromatic carbocycles. The Morgan fingerprint density at radius 2 is 1.31 bits per heavy atom. The molecule has 5 N–H and O–H groups in total. The molecule has 0 aliphatic carbocycles. The van der Waals surface area contributed by atoms with Crippen LogP contribution < -0.4 is 6.15 Å². The SMILES string of the molecule is CCOOOCC.N.O=S(=O)(O)O. The molecule has 0 amide bonds. The van der Waals surface area contributed by atoms with Gasteiger partial charge in [0.25, 0.3) is 0 Å². The Bertz CT molecular complexity index is 155. The first-order valence-electron chi connectivity index (χ1n) is 3.02. The lowest BCUT2D eigenvalue weighted by molar-refractivity contribution is -0.509. The maximum atomic E-state index is 8.74. The maximum absolute atomic E-state index is 8.74. The Hall–Kier alpha value is -0.290. The highest BCUT2D eigenvalue weighted by Gasteiger charge is 1.84. The van der Waals surface area contributed by atoms with Crippen LogP contribution in [0.15, 0.2) is 0 Å². The van der Waals surface area contributed by atoms with Gasteiger partial charge < -0.3 is 6.15 Å². The average Bonchev–Trinajstić information content (AvgIpc) is 1.85. The van der Waals surface area contributed by atoms with Crippen LogP contribution in [0.3, 0.4) is 0 Å². The van der Waals surface area contributed by atoms with E-state index in [1.807, 2.05) is 13.8 Å². The minimum Gasteiger partial charge on any atom is -0.344 e. The van der Waals surface area contributed by atoms with Crippen LogP contribution in [0.2, 0.25) is 0 Å². The van der Waals surface area contributed by atoms with Crippen molar-refractivity contribution in [2.75, 3.05) is 13.2 Å². The third-order valence-electron chi connectivity index (χ3n) is 0.332. The van der Waals surface area contributed by atoms with Crippen molar-refractivity contribution in [3.63, 3.8) is 0 Å². The van der Waals surface area contributed by atoms with E-state index in [2.05, 4.69) is 14.8 Å². The predicted molar refractivity (Wildman–Crippen MR) is 43.5 cm³/mol. The van der Waals surface area contributed by atoms with E-state index >= 15 is 0 Å². The van der Waals surface area contributed by atoms with Gasteiger partial charge in [-0.25, -0.2) is 9.78 Å². The highest BCUT2D eigenvalue weighted by molar-refractivity contribution is 7.79. The quantitative estimate of drug-likeness (QED) is 0.268. The fourth-order valence-electron chi connectivity index (χ4n) is 0.130. The smallest absolute Gasteiger partial charge is 0.344 e. The molecule has 84 valence electrons. The zero-order valence-electron chi connectivity index (χ0n) is 7.47. The molecule has 0 aromatic rings. The third-order valence-corrected chi connectivity index (χ3v) is 0.332. The van der Waals surface area contributed by atoms with Crippen LogP contribution in [0.5, 0.6) is 0 Å². The van der Waals surface area contributed by atoms with Gasteiger partial charge in [0, 0.05) is 0 Å². The Balaban J connectivity index is -0.000000150. The van der Waals surface area contributed by atoms with Crippen LogP contribution in [-0.4, -0.2) is 30.7 Å². The average molecular weight is 221 g/mol. The molecule has 0 saturated heterocycles. The topological polar surface area (TPSA) is 137 Å². The second kappa shape index (κ2) is 11.7. The molecule has 0 radical (unpaired) electrons. The molecule has 0 unspecified atom stereocenters. The van der Waals surface area contributed by atoms with Crippen molar-refractivity contribution < 1.29 is 32.3 Å². The van der Waals surface area contributed by atoms with Gasteiger partial charge in [0.1, 0.15) is 0 Å². The Labute approximate surface area is 76.8 Å². The Morgan fingerprint density at radius 3 is 1.46 bits per heavy atom. The highest BCUT2D eigenvalue weighted by Crippen LogP contribution is 1.77. The fraction of sp³-hybridized carbons (Fsp3) is 1.00. The summed E-state index contributed by atoms with van der Waals surface area (Å²) in [5.74, 6) is 0. The van der Waals surface area contributed by atoms with Crippen molar-refractivity contribution in [2.45, 2.75) is 13.8 Å².